The lowest BCUT2D eigenvalue weighted by atomic mass is 10.2. The lowest BCUT2D eigenvalue weighted by molar-refractivity contribution is -0.385. The quantitative estimate of drug-likeness (QED) is 0.262. The highest BCUT2D eigenvalue weighted by Gasteiger charge is 2.08. The SMILES string of the molecule is COCCNC(=S)NN=CC=Cc1ccccc1[N+](=O)[O-]. The summed E-state index contributed by atoms with van der Waals surface area (Å²) in [5.74, 6) is 0. The van der Waals surface area contributed by atoms with Crippen LogP contribution in [0.15, 0.2) is 35.4 Å². The van der Waals surface area contributed by atoms with Gasteiger partial charge in [0.2, 0.25) is 0 Å². The Morgan fingerprint density at radius 2 is 2.29 bits per heavy atom. The third-order valence-electron chi connectivity index (χ3n) is 2.33. The molecule has 0 spiro atoms. The molecule has 0 bridgehead atoms. The van der Waals surface area contributed by atoms with E-state index in [1.54, 1.807) is 37.5 Å². The van der Waals surface area contributed by atoms with Crippen molar-refractivity contribution in [2.24, 2.45) is 5.10 Å². The first-order valence-electron chi connectivity index (χ1n) is 6.11. The summed E-state index contributed by atoms with van der Waals surface area (Å²) in [6.07, 6.45) is 4.65. The molecule has 1 rings (SSSR count). The molecule has 7 nitrogen and oxygen atoms in total. The van der Waals surface area contributed by atoms with Crippen LogP contribution >= 0.6 is 12.2 Å². The maximum Gasteiger partial charge on any atom is 0.276 e. The van der Waals surface area contributed by atoms with Crippen molar-refractivity contribution >= 4 is 35.3 Å². The summed E-state index contributed by atoms with van der Waals surface area (Å²) in [6.45, 7) is 1.13. The van der Waals surface area contributed by atoms with Crippen LogP contribution in [0.1, 0.15) is 5.56 Å². The van der Waals surface area contributed by atoms with Crippen LogP contribution in [-0.4, -0.2) is 36.5 Å². The number of hydrogen-bond donors (Lipinski definition) is 2. The molecule has 1 aromatic carbocycles. The first kappa shape index (κ1) is 16.7. The second-order valence-electron chi connectivity index (χ2n) is 3.81. The minimum Gasteiger partial charge on any atom is -0.383 e. The molecule has 0 aliphatic heterocycles. The number of rotatable bonds is 7. The minimum atomic E-state index is -0.427. The zero-order valence-corrected chi connectivity index (χ0v) is 12.3. The van der Waals surface area contributed by atoms with E-state index in [0.29, 0.717) is 23.8 Å². The Bertz CT molecular complexity index is 546. The monoisotopic (exact) mass is 308 g/mol. The van der Waals surface area contributed by atoms with E-state index in [1.165, 1.54) is 12.3 Å². The maximum atomic E-state index is 10.8. The number of nitro groups is 1. The Morgan fingerprint density at radius 3 is 3.00 bits per heavy atom. The number of nitrogens with zero attached hydrogens (tertiary/aromatic N) is 2. The van der Waals surface area contributed by atoms with E-state index in [9.17, 15) is 10.1 Å². The summed E-state index contributed by atoms with van der Waals surface area (Å²) in [6, 6.07) is 6.46. The summed E-state index contributed by atoms with van der Waals surface area (Å²) in [7, 11) is 1.60. The summed E-state index contributed by atoms with van der Waals surface area (Å²) >= 11 is 4.96. The Labute approximate surface area is 127 Å². The average Bonchev–Trinajstić information content (AvgIpc) is 2.47. The number of nitro benzene ring substituents is 1. The van der Waals surface area contributed by atoms with Crippen LogP contribution in [0.25, 0.3) is 6.08 Å². The Morgan fingerprint density at radius 1 is 1.52 bits per heavy atom. The van der Waals surface area contributed by atoms with Crippen molar-refractivity contribution < 1.29 is 9.66 Å². The summed E-state index contributed by atoms with van der Waals surface area (Å²) in [5.41, 5.74) is 3.17. The van der Waals surface area contributed by atoms with Crippen LogP contribution in [0.2, 0.25) is 0 Å². The molecule has 0 aliphatic carbocycles. The fraction of sp³-hybridized carbons (Fsp3) is 0.231. The van der Waals surface area contributed by atoms with Crippen molar-refractivity contribution in [1.29, 1.82) is 0 Å². The summed E-state index contributed by atoms with van der Waals surface area (Å²) < 4.78 is 4.86. The number of hydrazone groups is 1. The summed E-state index contributed by atoms with van der Waals surface area (Å²) in [4.78, 5) is 10.4. The van der Waals surface area contributed by atoms with E-state index in [-0.39, 0.29) is 5.69 Å². The van der Waals surface area contributed by atoms with Crippen molar-refractivity contribution in [1.82, 2.24) is 10.7 Å². The third-order valence-corrected chi connectivity index (χ3v) is 2.56. The van der Waals surface area contributed by atoms with Gasteiger partial charge in [0.1, 0.15) is 0 Å². The van der Waals surface area contributed by atoms with Crippen LogP contribution in [-0.2, 0) is 4.74 Å². The van der Waals surface area contributed by atoms with E-state index >= 15 is 0 Å². The molecule has 0 saturated heterocycles. The Balaban J connectivity index is 2.46. The predicted molar refractivity (Wildman–Crippen MR) is 86.2 cm³/mol. The molecule has 0 atom stereocenters. The number of nitrogens with one attached hydrogen (secondary N) is 2. The highest BCUT2D eigenvalue weighted by molar-refractivity contribution is 7.80. The van der Waals surface area contributed by atoms with Crippen molar-refractivity contribution in [2.75, 3.05) is 20.3 Å². The molecular formula is C13H16N4O3S. The predicted octanol–water partition coefficient (Wildman–Crippen LogP) is 1.70. The molecule has 8 heteroatoms. The highest BCUT2D eigenvalue weighted by Crippen LogP contribution is 2.18. The summed E-state index contributed by atoms with van der Waals surface area (Å²) in [5, 5.41) is 17.9. The number of para-hydroxylation sites is 1. The van der Waals surface area contributed by atoms with E-state index in [1.807, 2.05) is 0 Å². The van der Waals surface area contributed by atoms with Crippen LogP contribution in [0.4, 0.5) is 5.69 Å². The van der Waals surface area contributed by atoms with Crippen LogP contribution < -0.4 is 10.7 Å². The van der Waals surface area contributed by atoms with Gasteiger partial charge >= 0.3 is 0 Å². The lowest BCUT2D eigenvalue weighted by Crippen LogP contribution is -2.34. The topological polar surface area (TPSA) is 88.8 Å². The molecule has 0 amide bonds. The number of thiocarbonyl (C=S) groups is 1. The van der Waals surface area contributed by atoms with Gasteiger partial charge in [-0.3, -0.25) is 15.5 Å². The van der Waals surface area contributed by atoms with Crippen LogP contribution in [0.3, 0.4) is 0 Å². The van der Waals surface area contributed by atoms with Gasteiger partial charge in [-0.2, -0.15) is 5.10 Å². The fourth-order valence-electron chi connectivity index (χ4n) is 1.39. The molecule has 21 heavy (non-hydrogen) atoms. The van der Waals surface area contributed by atoms with Gasteiger partial charge in [-0.1, -0.05) is 12.1 Å². The zero-order valence-electron chi connectivity index (χ0n) is 11.5. The Hall–Kier alpha value is -2.32. The molecule has 2 N–H and O–H groups in total. The van der Waals surface area contributed by atoms with Crippen LogP contribution in [0, 0.1) is 10.1 Å². The van der Waals surface area contributed by atoms with Gasteiger partial charge in [0.25, 0.3) is 5.69 Å². The molecule has 112 valence electrons. The zero-order chi connectivity index (χ0) is 15.5. The molecule has 0 heterocycles. The number of benzene rings is 1. The molecule has 0 unspecified atom stereocenters. The minimum absolute atomic E-state index is 0.0480. The molecule has 1 aromatic rings. The van der Waals surface area contributed by atoms with Crippen LogP contribution in [0.5, 0.6) is 0 Å². The van der Waals surface area contributed by atoms with Gasteiger partial charge in [0.05, 0.1) is 17.1 Å². The van der Waals surface area contributed by atoms with Gasteiger partial charge in [-0.25, -0.2) is 0 Å². The molecular weight excluding hydrogens is 292 g/mol. The standard InChI is InChI=1S/C13H16N4O3S/c1-20-10-9-14-13(21)16-15-8-4-6-11-5-2-3-7-12(11)17(18)19/h2-8H,9-10H2,1H3,(H2,14,16,21). The van der Waals surface area contributed by atoms with Crippen molar-refractivity contribution in [3.05, 3.63) is 46.0 Å². The van der Waals surface area contributed by atoms with Crippen molar-refractivity contribution in [3.63, 3.8) is 0 Å². The molecule has 0 saturated carbocycles. The van der Waals surface area contributed by atoms with Crippen molar-refractivity contribution in [3.8, 4) is 0 Å². The smallest absolute Gasteiger partial charge is 0.276 e. The van der Waals surface area contributed by atoms with E-state index in [4.69, 9.17) is 17.0 Å². The van der Waals surface area contributed by atoms with E-state index < -0.39 is 4.92 Å². The molecule has 0 radical (unpaired) electrons. The van der Waals surface area contributed by atoms with Gasteiger partial charge in [-0.15, -0.1) is 0 Å². The number of allylic oxidation sites excluding steroid dienone is 1. The van der Waals surface area contributed by atoms with Gasteiger partial charge in [0.15, 0.2) is 5.11 Å². The highest BCUT2D eigenvalue weighted by atomic mass is 32.1. The number of ether oxygens (including phenoxy) is 1. The second kappa shape index (κ2) is 9.56. The Kier molecular flexibility index (Phi) is 7.62. The third kappa shape index (κ3) is 6.59. The fourth-order valence-corrected chi connectivity index (χ4v) is 1.54. The first-order valence-corrected chi connectivity index (χ1v) is 6.52. The average molecular weight is 308 g/mol. The lowest BCUT2D eigenvalue weighted by Gasteiger charge is -2.04. The van der Waals surface area contributed by atoms with E-state index in [0.717, 1.165) is 0 Å². The molecule has 0 aliphatic rings. The van der Waals surface area contributed by atoms with Crippen molar-refractivity contribution in [2.45, 2.75) is 0 Å². The normalized spacial score (nSPS) is 10.9. The largest absolute Gasteiger partial charge is 0.383 e. The maximum absolute atomic E-state index is 10.8. The first-order chi connectivity index (χ1) is 10.1. The van der Waals surface area contributed by atoms with E-state index in [2.05, 4.69) is 15.8 Å². The molecule has 0 aromatic heterocycles. The molecule has 0 fully saturated rings. The van der Waals surface area contributed by atoms with Gasteiger partial charge in [0, 0.05) is 25.9 Å². The number of hydrogen-bond acceptors (Lipinski definition) is 5. The number of methoxy groups -OCH3 is 1. The van der Waals surface area contributed by atoms with Gasteiger partial charge in [-0.05, 0) is 30.4 Å². The second-order valence-corrected chi connectivity index (χ2v) is 4.22. The van der Waals surface area contributed by atoms with Gasteiger partial charge < -0.3 is 10.1 Å².